The summed E-state index contributed by atoms with van der Waals surface area (Å²) in [4.78, 5) is 24.4. The van der Waals surface area contributed by atoms with Crippen LogP contribution in [0.2, 0.25) is 5.02 Å². The van der Waals surface area contributed by atoms with Crippen molar-refractivity contribution in [3.63, 3.8) is 0 Å². The fraction of sp³-hybridized carbons (Fsp3) is 0.227. The number of hydrogen-bond acceptors (Lipinski definition) is 7. The van der Waals surface area contributed by atoms with Gasteiger partial charge in [-0.1, -0.05) is 11.6 Å². The topological polar surface area (TPSA) is 107 Å². The largest absolute Gasteiger partial charge is 0.496 e. The van der Waals surface area contributed by atoms with Gasteiger partial charge in [-0.2, -0.15) is 5.26 Å². The molecule has 0 spiro atoms. The third-order valence-electron chi connectivity index (χ3n) is 4.15. The number of esters is 1. The number of nitrogens with zero attached hydrogens (tertiary/aromatic N) is 1. The second kappa shape index (κ2) is 10.9. The van der Waals surface area contributed by atoms with Crippen molar-refractivity contribution in [3.8, 4) is 23.3 Å². The molecule has 8 nitrogen and oxygen atoms in total. The fourth-order valence-electron chi connectivity index (χ4n) is 2.54. The fourth-order valence-corrected chi connectivity index (χ4v) is 2.76. The number of nitrogens with one attached hydrogen (secondary N) is 1. The van der Waals surface area contributed by atoms with E-state index in [0.29, 0.717) is 28.5 Å². The van der Waals surface area contributed by atoms with E-state index < -0.39 is 18.0 Å². The molecule has 2 aromatic carbocycles. The first-order chi connectivity index (χ1) is 14.8. The Kier molecular flexibility index (Phi) is 8.29. The van der Waals surface area contributed by atoms with Crippen molar-refractivity contribution in [1.29, 1.82) is 5.26 Å². The third kappa shape index (κ3) is 6.14. The Morgan fingerprint density at radius 2 is 1.71 bits per heavy atom. The highest BCUT2D eigenvalue weighted by Gasteiger charge is 2.17. The monoisotopic (exact) mass is 444 g/mol. The molecule has 1 atom stereocenters. The lowest BCUT2D eigenvalue weighted by atomic mass is 10.1. The molecular weight excluding hydrogens is 424 g/mol. The number of anilines is 1. The summed E-state index contributed by atoms with van der Waals surface area (Å²) in [6, 6.07) is 9.65. The molecule has 162 valence electrons. The predicted molar refractivity (Wildman–Crippen MR) is 115 cm³/mol. The minimum atomic E-state index is -1.07. The summed E-state index contributed by atoms with van der Waals surface area (Å²) in [7, 11) is 4.48. The molecule has 0 saturated heterocycles. The van der Waals surface area contributed by atoms with E-state index in [1.54, 1.807) is 12.1 Å². The molecule has 0 fully saturated rings. The van der Waals surface area contributed by atoms with E-state index in [1.807, 2.05) is 6.07 Å². The summed E-state index contributed by atoms with van der Waals surface area (Å²) in [6.45, 7) is 1.43. The average molecular weight is 445 g/mol. The van der Waals surface area contributed by atoms with E-state index in [4.69, 9.17) is 35.8 Å². The molecule has 0 aliphatic carbocycles. The van der Waals surface area contributed by atoms with Gasteiger partial charge >= 0.3 is 5.97 Å². The minimum Gasteiger partial charge on any atom is -0.496 e. The van der Waals surface area contributed by atoms with E-state index in [2.05, 4.69) is 5.32 Å². The summed E-state index contributed by atoms with van der Waals surface area (Å²) in [6.07, 6.45) is 1.58. The van der Waals surface area contributed by atoms with Crippen LogP contribution in [0.25, 0.3) is 6.08 Å². The van der Waals surface area contributed by atoms with Crippen LogP contribution in [0.15, 0.2) is 36.4 Å². The second-order valence-corrected chi connectivity index (χ2v) is 6.56. The van der Waals surface area contributed by atoms with Crippen LogP contribution < -0.4 is 19.5 Å². The van der Waals surface area contributed by atoms with Crippen LogP contribution in [-0.4, -0.2) is 39.3 Å². The van der Waals surface area contributed by atoms with Gasteiger partial charge in [0, 0.05) is 23.4 Å². The minimum absolute atomic E-state index is 0.205. The van der Waals surface area contributed by atoms with Crippen molar-refractivity contribution >= 4 is 35.2 Å². The van der Waals surface area contributed by atoms with Gasteiger partial charge in [-0.3, -0.25) is 4.79 Å². The zero-order valence-electron chi connectivity index (χ0n) is 17.4. The lowest BCUT2D eigenvalue weighted by molar-refractivity contribution is -0.148. The van der Waals surface area contributed by atoms with Crippen molar-refractivity contribution in [3.05, 3.63) is 52.6 Å². The van der Waals surface area contributed by atoms with E-state index in [9.17, 15) is 9.59 Å². The maximum Gasteiger partial charge on any atom is 0.331 e. The number of benzene rings is 2. The lowest BCUT2D eigenvalue weighted by Crippen LogP contribution is -2.29. The first-order valence-corrected chi connectivity index (χ1v) is 9.40. The van der Waals surface area contributed by atoms with Gasteiger partial charge in [0.05, 0.1) is 31.9 Å². The van der Waals surface area contributed by atoms with Crippen molar-refractivity contribution in [2.45, 2.75) is 13.0 Å². The summed E-state index contributed by atoms with van der Waals surface area (Å²) in [5, 5.41) is 11.7. The van der Waals surface area contributed by atoms with Crippen LogP contribution in [0.3, 0.4) is 0 Å². The van der Waals surface area contributed by atoms with Crippen molar-refractivity contribution in [1.82, 2.24) is 0 Å². The highest BCUT2D eigenvalue weighted by Crippen LogP contribution is 2.35. The van der Waals surface area contributed by atoms with Crippen LogP contribution >= 0.6 is 11.6 Å². The number of carbonyl (C=O) groups excluding carboxylic acids is 2. The smallest absolute Gasteiger partial charge is 0.331 e. The maximum absolute atomic E-state index is 12.3. The van der Waals surface area contributed by atoms with Crippen LogP contribution in [-0.2, 0) is 14.3 Å². The SMILES string of the molecule is COc1cc(OC)c(OC)cc1/C=C/C(=O)OC(C)C(=O)Nc1ccc(C#N)c(Cl)c1. The van der Waals surface area contributed by atoms with E-state index in [-0.39, 0.29) is 10.6 Å². The second-order valence-electron chi connectivity index (χ2n) is 6.16. The Morgan fingerprint density at radius 3 is 2.29 bits per heavy atom. The zero-order chi connectivity index (χ0) is 23.0. The molecule has 2 rings (SSSR count). The van der Waals surface area contributed by atoms with Crippen LogP contribution in [0, 0.1) is 11.3 Å². The van der Waals surface area contributed by atoms with Gasteiger partial charge in [-0.05, 0) is 37.3 Å². The van der Waals surface area contributed by atoms with Crippen LogP contribution in [0.1, 0.15) is 18.1 Å². The normalized spacial score (nSPS) is 11.4. The molecule has 31 heavy (non-hydrogen) atoms. The molecule has 0 heterocycles. The van der Waals surface area contributed by atoms with Crippen LogP contribution in [0.5, 0.6) is 17.2 Å². The molecular formula is C22H21ClN2O6. The van der Waals surface area contributed by atoms with E-state index in [0.717, 1.165) is 0 Å². The van der Waals surface area contributed by atoms with Gasteiger partial charge in [-0.25, -0.2) is 4.79 Å². The molecule has 2 aromatic rings. The van der Waals surface area contributed by atoms with Crippen molar-refractivity contribution in [2.75, 3.05) is 26.6 Å². The Balaban J connectivity index is 2.04. The van der Waals surface area contributed by atoms with Crippen molar-refractivity contribution in [2.24, 2.45) is 0 Å². The highest BCUT2D eigenvalue weighted by molar-refractivity contribution is 6.32. The average Bonchev–Trinajstić information content (AvgIpc) is 2.76. The van der Waals surface area contributed by atoms with Gasteiger partial charge in [0.2, 0.25) is 0 Å². The van der Waals surface area contributed by atoms with Gasteiger partial charge in [0.1, 0.15) is 11.8 Å². The Labute approximate surface area is 184 Å². The summed E-state index contributed by atoms with van der Waals surface area (Å²) >= 11 is 5.95. The number of carbonyl (C=O) groups is 2. The molecule has 0 saturated carbocycles. The molecule has 0 radical (unpaired) electrons. The lowest BCUT2D eigenvalue weighted by Gasteiger charge is -2.13. The van der Waals surface area contributed by atoms with Gasteiger partial charge in [0.15, 0.2) is 17.6 Å². The zero-order valence-corrected chi connectivity index (χ0v) is 18.1. The highest BCUT2D eigenvalue weighted by atomic mass is 35.5. The number of amides is 1. The quantitative estimate of drug-likeness (QED) is 0.487. The van der Waals surface area contributed by atoms with Crippen molar-refractivity contribution < 1.29 is 28.5 Å². The van der Waals surface area contributed by atoms with Gasteiger partial charge in [0.25, 0.3) is 5.91 Å². The molecule has 0 aromatic heterocycles. The third-order valence-corrected chi connectivity index (χ3v) is 4.47. The summed E-state index contributed by atoms with van der Waals surface area (Å²) in [5.74, 6) is 0.131. The Morgan fingerprint density at radius 1 is 1.06 bits per heavy atom. The molecule has 1 N–H and O–H groups in total. The first kappa shape index (κ1) is 23.6. The molecule has 9 heteroatoms. The number of methoxy groups -OCH3 is 3. The summed E-state index contributed by atoms with van der Waals surface area (Å²) in [5.41, 5.74) is 1.22. The van der Waals surface area contributed by atoms with E-state index >= 15 is 0 Å². The Bertz CT molecular complexity index is 1050. The van der Waals surface area contributed by atoms with Gasteiger partial charge < -0.3 is 24.3 Å². The first-order valence-electron chi connectivity index (χ1n) is 9.02. The number of nitriles is 1. The van der Waals surface area contributed by atoms with Crippen LogP contribution in [0.4, 0.5) is 5.69 Å². The number of ether oxygens (including phenoxy) is 4. The predicted octanol–water partition coefficient (Wildman–Crippen LogP) is 3.82. The van der Waals surface area contributed by atoms with Gasteiger partial charge in [-0.15, -0.1) is 0 Å². The standard InChI is InChI=1S/C22H21ClN2O6/c1-13(22(27)25-16-7-5-15(12-24)17(23)10-16)31-21(26)8-6-14-9-19(29-3)20(30-4)11-18(14)28-2/h5-11,13H,1-4H3,(H,25,27)/b8-6+. The molecule has 0 bridgehead atoms. The number of hydrogen-bond donors (Lipinski definition) is 1. The number of halogens is 1. The van der Waals surface area contributed by atoms with E-state index in [1.165, 1.54) is 58.6 Å². The maximum atomic E-state index is 12.3. The number of rotatable bonds is 8. The molecule has 1 amide bonds. The molecule has 0 aliphatic heterocycles. The summed E-state index contributed by atoms with van der Waals surface area (Å²) < 4.78 is 20.9. The molecule has 1 unspecified atom stereocenters. The Hall–Kier alpha value is -3.70. The molecule has 0 aliphatic rings.